The van der Waals surface area contributed by atoms with Gasteiger partial charge in [0.1, 0.15) is 5.35 Å². The lowest BCUT2D eigenvalue weighted by Crippen LogP contribution is -2.27. The topological polar surface area (TPSA) is 49.7 Å². The highest BCUT2D eigenvalue weighted by atomic mass is 32.1. The molecule has 2 N–H and O–H groups in total. The maximum Gasteiger partial charge on any atom is 0.207 e. The highest BCUT2D eigenvalue weighted by molar-refractivity contribution is 7.82. The lowest BCUT2D eigenvalue weighted by atomic mass is 10.1. The lowest BCUT2D eigenvalue weighted by molar-refractivity contribution is -0.0290. The summed E-state index contributed by atoms with van der Waals surface area (Å²) in [4.78, 5) is 0.130. The van der Waals surface area contributed by atoms with E-state index in [0.717, 1.165) is 12.8 Å². The van der Waals surface area contributed by atoms with Crippen molar-refractivity contribution < 1.29 is 14.9 Å². The van der Waals surface area contributed by atoms with E-state index in [1.54, 1.807) is 0 Å². The lowest BCUT2D eigenvalue weighted by Gasteiger charge is -2.10. The van der Waals surface area contributed by atoms with Gasteiger partial charge >= 0.3 is 0 Å². The molecule has 0 aromatic heterocycles. The van der Waals surface area contributed by atoms with Crippen molar-refractivity contribution in [3.8, 4) is 0 Å². The van der Waals surface area contributed by atoms with E-state index in [9.17, 15) is 10.2 Å². The summed E-state index contributed by atoms with van der Waals surface area (Å²) >= 11 is 4.43. The maximum absolute atomic E-state index is 9.49. The van der Waals surface area contributed by atoms with Crippen molar-refractivity contribution in [2.75, 3.05) is 7.11 Å². The molecule has 2 atom stereocenters. The Morgan fingerprint density at radius 1 is 1.17 bits per heavy atom. The van der Waals surface area contributed by atoms with E-state index < -0.39 is 6.29 Å². The Morgan fingerprint density at radius 3 is 2.28 bits per heavy atom. The summed E-state index contributed by atoms with van der Waals surface area (Å²) in [7, 11) is 1.51. The van der Waals surface area contributed by atoms with Gasteiger partial charge in [0.15, 0.2) is 0 Å². The van der Waals surface area contributed by atoms with E-state index in [1.165, 1.54) is 45.6 Å². The van der Waals surface area contributed by atoms with Crippen LogP contribution in [0.25, 0.3) is 0 Å². The van der Waals surface area contributed by atoms with Crippen LogP contribution in [0.1, 0.15) is 58.3 Å². The van der Waals surface area contributed by atoms with Gasteiger partial charge in [0.25, 0.3) is 0 Å². The number of aliphatic hydroxyl groups excluding tert-OH is 2. The van der Waals surface area contributed by atoms with Gasteiger partial charge in [-0.05, 0) is 6.42 Å². The molecule has 3 nitrogen and oxygen atoms in total. The number of thiol groups is 1. The molecule has 0 aromatic carbocycles. The van der Waals surface area contributed by atoms with Gasteiger partial charge < -0.3 is 14.9 Å². The molecule has 0 heterocycles. The molecule has 107 valence electrons. The van der Waals surface area contributed by atoms with Crippen molar-refractivity contribution >= 4 is 27.1 Å². The zero-order valence-corrected chi connectivity index (χ0v) is 13.5. The molecule has 0 bridgehead atoms. The molecule has 0 spiro atoms. The van der Waals surface area contributed by atoms with E-state index in [0.29, 0.717) is 0 Å². The van der Waals surface area contributed by atoms with Gasteiger partial charge in [-0.3, -0.25) is 0 Å². The van der Waals surface area contributed by atoms with Crippen molar-refractivity contribution in [2.45, 2.75) is 69.5 Å². The molecular formula is C13H27O3SSi. The molecular weight excluding hydrogens is 264 g/mol. The molecule has 0 amide bonds. The van der Waals surface area contributed by atoms with E-state index in [1.807, 2.05) is 0 Å². The minimum Gasteiger partial charge on any atom is -0.513 e. The molecule has 0 rings (SSSR count). The van der Waals surface area contributed by atoms with Gasteiger partial charge in [-0.2, -0.15) is 12.6 Å². The molecule has 0 saturated heterocycles. The Morgan fingerprint density at radius 2 is 1.72 bits per heavy atom. The van der Waals surface area contributed by atoms with Crippen LogP contribution in [-0.4, -0.2) is 43.0 Å². The first-order valence-electron chi connectivity index (χ1n) is 6.83. The molecule has 0 aromatic rings. The van der Waals surface area contributed by atoms with Crippen molar-refractivity contribution in [3.63, 3.8) is 0 Å². The highest BCUT2D eigenvalue weighted by Crippen LogP contribution is 2.11. The molecule has 0 aliphatic rings. The Kier molecular flexibility index (Phi) is 12.3. The molecule has 2 unspecified atom stereocenters. The molecule has 0 aliphatic carbocycles. The quantitative estimate of drug-likeness (QED) is 0.237. The smallest absolute Gasteiger partial charge is 0.207 e. The van der Waals surface area contributed by atoms with Crippen LogP contribution in [0.15, 0.2) is 0 Å². The van der Waals surface area contributed by atoms with Crippen LogP contribution in [0.2, 0.25) is 0 Å². The van der Waals surface area contributed by atoms with Gasteiger partial charge in [0, 0.05) is 12.0 Å². The first-order chi connectivity index (χ1) is 8.61. The third kappa shape index (κ3) is 10.1. The molecule has 18 heavy (non-hydrogen) atoms. The number of hydrogen-bond acceptors (Lipinski definition) is 4. The van der Waals surface area contributed by atoms with Crippen LogP contribution < -0.4 is 0 Å². The van der Waals surface area contributed by atoms with Gasteiger partial charge in [-0.25, -0.2) is 0 Å². The van der Waals surface area contributed by atoms with Crippen LogP contribution in [0.3, 0.4) is 0 Å². The summed E-state index contributed by atoms with van der Waals surface area (Å²) < 4.78 is 4.63. The predicted molar refractivity (Wildman–Crippen MR) is 81.1 cm³/mol. The van der Waals surface area contributed by atoms with Gasteiger partial charge in [0.2, 0.25) is 6.29 Å². The zero-order chi connectivity index (χ0) is 13.8. The van der Waals surface area contributed by atoms with E-state index in [2.05, 4.69) is 24.3 Å². The monoisotopic (exact) mass is 291 g/mol. The van der Waals surface area contributed by atoms with Gasteiger partial charge in [-0.15, -0.1) is 0 Å². The van der Waals surface area contributed by atoms with E-state index >= 15 is 0 Å². The SMILES string of the molecule is CCCCCCCCCC(S)[Si]=C(O)C(O)OC. The number of aliphatic hydroxyl groups is 2. The molecule has 0 saturated carbocycles. The fourth-order valence-corrected chi connectivity index (χ4v) is 3.25. The Labute approximate surface area is 119 Å². The predicted octanol–water partition coefficient (Wildman–Crippen LogP) is 2.55. The van der Waals surface area contributed by atoms with Crippen LogP contribution in [0.4, 0.5) is 0 Å². The van der Waals surface area contributed by atoms with Crippen LogP contribution in [-0.2, 0) is 4.74 Å². The summed E-state index contributed by atoms with van der Waals surface area (Å²) in [6.45, 7) is 2.23. The number of methoxy groups -OCH3 is 1. The van der Waals surface area contributed by atoms with Crippen molar-refractivity contribution in [3.05, 3.63) is 0 Å². The van der Waals surface area contributed by atoms with Crippen LogP contribution in [0.5, 0.6) is 0 Å². The van der Waals surface area contributed by atoms with Crippen molar-refractivity contribution in [1.29, 1.82) is 0 Å². The fraction of sp³-hybridized carbons (Fsp3) is 0.923. The summed E-state index contributed by atoms with van der Waals surface area (Å²) in [5.74, 6) is 0. The second-order valence-corrected chi connectivity index (χ2v) is 7.15. The standard InChI is InChI=1S/C13H27O3SSi/c1-3-4-5-6-7-8-9-10-11(17)18-13(15)12(14)16-2/h11-12,14-15,17H,3-10H2,1-2H3. The number of rotatable bonds is 11. The number of unbranched alkanes of at least 4 members (excludes halogenated alkanes) is 6. The second kappa shape index (κ2) is 12.2. The molecule has 0 fully saturated rings. The summed E-state index contributed by atoms with van der Waals surface area (Å²) in [6, 6.07) is 0. The molecule has 0 aliphatic heterocycles. The minimum absolute atomic E-state index is 0.000413. The van der Waals surface area contributed by atoms with Crippen molar-refractivity contribution in [1.82, 2.24) is 0 Å². The Hall–Kier alpha value is 0.157. The van der Waals surface area contributed by atoms with E-state index in [-0.39, 0.29) is 19.4 Å². The second-order valence-electron chi connectivity index (χ2n) is 4.54. The Bertz CT molecular complexity index is 224. The highest BCUT2D eigenvalue weighted by Gasteiger charge is 2.10. The average Bonchev–Trinajstić information content (AvgIpc) is 2.36. The number of ether oxygens (including phenoxy) is 1. The molecule has 5 heteroatoms. The minimum atomic E-state index is -1.16. The zero-order valence-electron chi connectivity index (χ0n) is 11.6. The normalized spacial score (nSPS) is 15.7. The third-order valence-electron chi connectivity index (χ3n) is 2.85. The average molecular weight is 292 g/mol. The fourth-order valence-electron chi connectivity index (χ4n) is 1.72. The Balaban J connectivity index is 3.55. The first kappa shape index (κ1) is 18.2. The summed E-state index contributed by atoms with van der Waals surface area (Å²) in [6.07, 6.45) is 8.79. The van der Waals surface area contributed by atoms with Gasteiger partial charge in [0.05, 0.1) is 9.13 Å². The summed E-state index contributed by atoms with van der Waals surface area (Å²) in [5, 5.41) is 18.7. The van der Waals surface area contributed by atoms with Crippen LogP contribution in [0, 0.1) is 0 Å². The first-order valence-corrected chi connectivity index (χ1v) is 8.42. The third-order valence-corrected chi connectivity index (χ3v) is 4.66. The maximum atomic E-state index is 9.49. The van der Waals surface area contributed by atoms with Gasteiger partial charge in [-0.1, -0.05) is 51.9 Å². The van der Waals surface area contributed by atoms with Crippen LogP contribution >= 0.6 is 12.6 Å². The number of hydrogen-bond donors (Lipinski definition) is 3. The van der Waals surface area contributed by atoms with Crippen molar-refractivity contribution in [2.24, 2.45) is 0 Å². The van der Waals surface area contributed by atoms with E-state index in [4.69, 9.17) is 0 Å². The molecule has 1 radical (unpaired) electrons. The largest absolute Gasteiger partial charge is 0.513 e. The summed E-state index contributed by atoms with van der Waals surface area (Å²) in [5.41, 5.74) is 0.